The van der Waals surface area contributed by atoms with Crippen molar-refractivity contribution >= 4 is 47.2 Å². The number of hydrogen-bond acceptors (Lipinski definition) is 20. The van der Waals surface area contributed by atoms with Crippen LogP contribution >= 0.6 is 0 Å². The van der Waals surface area contributed by atoms with E-state index in [1.165, 1.54) is 11.0 Å². The van der Waals surface area contributed by atoms with Gasteiger partial charge in [-0.2, -0.15) is 13.2 Å². The molecule has 30 heteroatoms. The second-order valence-electron chi connectivity index (χ2n) is 20.2. The number of aromatic nitrogens is 3. The third-order valence-electron chi connectivity index (χ3n) is 13.9. The number of halogens is 3. The number of amides is 4. The molecule has 27 nitrogen and oxygen atoms in total. The van der Waals surface area contributed by atoms with E-state index in [0.29, 0.717) is 55.4 Å². The zero-order valence-corrected chi connectivity index (χ0v) is 48.4. The fourth-order valence-electron chi connectivity index (χ4n) is 9.61. The molecule has 2 atom stereocenters. The maximum atomic E-state index is 14.2. The number of anilines is 1. The van der Waals surface area contributed by atoms with Crippen LogP contribution in [0.25, 0.3) is 11.3 Å². The largest absolute Gasteiger partial charge is 0.480 e. The minimum absolute atomic E-state index is 0.0597. The van der Waals surface area contributed by atoms with Gasteiger partial charge >= 0.3 is 24.1 Å². The molecule has 3 aromatic heterocycles. The molecule has 5 heterocycles. The van der Waals surface area contributed by atoms with Crippen molar-refractivity contribution in [1.82, 2.24) is 60.7 Å². The number of hydrogen-bond donors (Lipinski definition) is 8. The Morgan fingerprint density at radius 1 is 0.694 bits per heavy atom. The molecule has 0 saturated carbocycles. The van der Waals surface area contributed by atoms with Crippen LogP contribution in [-0.4, -0.2) is 259 Å². The van der Waals surface area contributed by atoms with Crippen LogP contribution < -0.4 is 41.4 Å². The molecule has 2 aliphatic rings. The van der Waals surface area contributed by atoms with E-state index in [9.17, 15) is 62.1 Å². The Hall–Kier alpha value is -7.35. The van der Waals surface area contributed by atoms with Gasteiger partial charge in [0.15, 0.2) is 5.69 Å². The molecule has 2 aliphatic heterocycles. The number of alkyl halides is 3. The molecule has 5 rings (SSSR count). The highest BCUT2D eigenvalue weighted by atomic mass is 19.4. The molecule has 2 saturated heterocycles. The monoisotopic (exact) mass is 1200 g/mol. The summed E-state index contributed by atoms with van der Waals surface area (Å²) in [6, 6.07) is 8.34. The molecule has 9 N–H and O–H groups in total. The van der Waals surface area contributed by atoms with Crippen LogP contribution in [0.2, 0.25) is 0 Å². The number of carbonyl (C=O) groups is 7. The second-order valence-corrected chi connectivity index (χ2v) is 20.2. The molecular weight excluding hydrogens is 1120 g/mol. The number of aliphatic carboxylic acids is 3. The summed E-state index contributed by atoms with van der Waals surface area (Å²) in [5.41, 5.74) is 6.90. The summed E-state index contributed by atoms with van der Waals surface area (Å²) in [5, 5.41) is 39.9. The molecule has 2 fully saturated rings. The van der Waals surface area contributed by atoms with E-state index in [4.69, 9.17) is 24.9 Å². The lowest BCUT2D eigenvalue weighted by molar-refractivity contribution is -0.142. The fraction of sp³-hybridized carbons (Fsp3) is 0.600. The molecule has 85 heavy (non-hydrogen) atoms. The van der Waals surface area contributed by atoms with Crippen LogP contribution in [0.15, 0.2) is 42.6 Å². The molecule has 470 valence electrons. The summed E-state index contributed by atoms with van der Waals surface area (Å²) in [6.45, 7) is 9.03. The average Bonchev–Trinajstić information content (AvgIpc) is 1.92. The lowest BCUT2D eigenvalue weighted by atomic mass is 10.0. The topological polar surface area (TPSA) is 340 Å². The van der Waals surface area contributed by atoms with Crippen molar-refractivity contribution in [3.05, 3.63) is 59.5 Å². The van der Waals surface area contributed by atoms with Gasteiger partial charge in [-0.05, 0) is 63.6 Å². The van der Waals surface area contributed by atoms with Gasteiger partial charge in [-0.15, -0.1) is 0 Å². The number of rotatable bonds is 31. The predicted octanol–water partition coefficient (Wildman–Crippen LogP) is 0.133. The number of carbonyl (C=O) groups excluding carboxylic acids is 4. The van der Waals surface area contributed by atoms with Crippen molar-refractivity contribution in [2.24, 2.45) is 5.73 Å². The van der Waals surface area contributed by atoms with Gasteiger partial charge in [0, 0.05) is 116 Å². The summed E-state index contributed by atoms with van der Waals surface area (Å²) in [4.78, 5) is 110. The predicted molar refractivity (Wildman–Crippen MR) is 304 cm³/mol. The van der Waals surface area contributed by atoms with Gasteiger partial charge in [-0.25, -0.2) is 15.0 Å². The molecule has 0 aromatic carbocycles. The van der Waals surface area contributed by atoms with Crippen molar-refractivity contribution in [2.45, 2.75) is 64.8 Å². The second kappa shape index (κ2) is 35.2. The molecular formula is C55H81F3N14O13. The highest BCUT2D eigenvalue weighted by Crippen LogP contribution is 2.35. The minimum atomic E-state index is -4.89. The van der Waals surface area contributed by atoms with Gasteiger partial charge in [0.25, 0.3) is 5.91 Å². The third-order valence-corrected chi connectivity index (χ3v) is 13.9. The van der Waals surface area contributed by atoms with Crippen molar-refractivity contribution in [3.63, 3.8) is 0 Å². The Kier molecular flexibility index (Phi) is 28.3. The van der Waals surface area contributed by atoms with E-state index in [1.54, 1.807) is 38.8 Å². The highest BCUT2D eigenvalue weighted by Gasteiger charge is 2.40. The molecule has 4 amide bonds. The Morgan fingerprint density at radius 3 is 1.85 bits per heavy atom. The lowest BCUT2D eigenvalue weighted by Gasteiger charge is -2.43. The van der Waals surface area contributed by atoms with Gasteiger partial charge < -0.3 is 66.3 Å². The summed E-state index contributed by atoms with van der Waals surface area (Å²) in [6.07, 6.45) is -2.53. The minimum Gasteiger partial charge on any atom is -0.480 e. The summed E-state index contributed by atoms with van der Waals surface area (Å²) < 4.78 is 59.1. The summed E-state index contributed by atoms with van der Waals surface area (Å²) >= 11 is 0. The van der Waals surface area contributed by atoms with E-state index in [0.717, 1.165) is 11.8 Å². The number of nitrogens with two attached hydrogens (primary N) is 1. The number of ether oxygens (including phenoxy) is 3. The number of carboxylic acid groups (broad SMARTS) is 3. The Morgan fingerprint density at radius 2 is 1.28 bits per heavy atom. The van der Waals surface area contributed by atoms with Crippen LogP contribution in [0.4, 0.5) is 18.9 Å². The van der Waals surface area contributed by atoms with Crippen LogP contribution in [0.3, 0.4) is 0 Å². The molecule has 0 bridgehead atoms. The first kappa shape index (κ1) is 68.4. The van der Waals surface area contributed by atoms with Crippen molar-refractivity contribution in [1.29, 1.82) is 0 Å². The first-order chi connectivity index (χ1) is 40.7. The third kappa shape index (κ3) is 23.2. The Balaban J connectivity index is 1.05. The standard InChI is InChI=1S/C55H81F3N14O13/c1-4-38-33-71(54(82)40-10-13-47(84-5-2)66-51(40)55(56,57)58)27-28-72(38)44-12-11-42(39-9-7-15-64-53(39)85-6-3)65-43(44)32-60-14-8-16-63-52(81)41(59)31-45(73)61-17-29-83-30-18-62-46(74)34-67-19-21-68(35-48(75)76)23-25-70(37-50(79)80)26-24-69(22-20-67)36-49(77)78/h7,9-13,15,38,41,60H,4-6,8,14,16-37,59H2,1-3H3,(H,61,73)(H,62,74)(H,63,81)(H,75,76)(H,77,78)(H,79,80)/t38-,41-/m1/s1. The summed E-state index contributed by atoms with van der Waals surface area (Å²) in [7, 11) is 0. The van der Waals surface area contributed by atoms with Gasteiger partial charge in [0.2, 0.25) is 29.5 Å². The van der Waals surface area contributed by atoms with Crippen molar-refractivity contribution in [2.75, 3.05) is 156 Å². The maximum Gasteiger partial charge on any atom is 0.434 e. The molecule has 3 aromatic rings. The number of nitrogens with one attached hydrogen (secondary N) is 4. The Bertz CT molecular complexity index is 2650. The highest BCUT2D eigenvalue weighted by molar-refractivity contribution is 5.96. The number of piperazine rings is 1. The van der Waals surface area contributed by atoms with Crippen molar-refractivity contribution in [3.8, 4) is 23.0 Å². The van der Waals surface area contributed by atoms with Crippen LogP contribution in [0.5, 0.6) is 11.8 Å². The Labute approximate surface area is 491 Å². The van der Waals surface area contributed by atoms with Crippen LogP contribution in [0.1, 0.15) is 61.8 Å². The summed E-state index contributed by atoms with van der Waals surface area (Å²) in [5.74, 6) is -5.11. The lowest BCUT2D eigenvalue weighted by Crippen LogP contribution is -2.55. The van der Waals surface area contributed by atoms with Gasteiger partial charge in [0.1, 0.15) is 0 Å². The van der Waals surface area contributed by atoms with Crippen molar-refractivity contribution < 1.29 is 76.3 Å². The van der Waals surface area contributed by atoms with E-state index in [1.807, 2.05) is 32.0 Å². The van der Waals surface area contributed by atoms with E-state index in [-0.39, 0.29) is 162 Å². The molecule has 0 aliphatic carbocycles. The van der Waals surface area contributed by atoms with Gasteiger partial charge in [0.05, 0.1) is 93.3 Å². The molecule has 0 spiro atoms. The average molecular weight is 1200 g/mol. The van der Waals surface area contributed by atoms with Gasteiger partial charge in [-0.3, -0.25) is 53.2 Å². The normalized spacial score (nSPS) is 16.6. The van der Waals surface area contributed by atoms with Crippen LogP contribution in [0, 0.1) is 0 Å². The van der Waals surface area contributed by atoms with Crippen LogP contribution in [-0.2, 0) is 46.2 Å². The zero-order chi connectivity index (χ0) is 61.9. The molecule has 0 radical (unpaired) electrons. The quantitative estimate of drug-likeness (QED) is 0.0397. The SMILES string of the molecule is CCOc1ccc(C(=O)N2CCN(c3ccc(-c4cccnc4OCC)nc3CNCCCNC(=O)[C@H](N)CC(=O)NCCOCCNC(=O)CN3CCN(CC(=O)O)CCN(CC(=O)O)CCN(CC(=O)O)CC3)[C@H](CC)C2)c(C(F)(F)F)n1. The smallest absolute Gasteiger partial charge is 0.434 e. The maximum absolute atomic E-state index is 14.2. The van der Waals surface area contributed by atoms with E-state index < -0.39 is 59.1 Å². The number of pyridine rings is 3. The number of nitrogens with zero attached hydrogens (tertiary/aromatic N) is 9. The van der Waals surface area contributed by atoms with Gasteiger partial charge in [-0.1, -0.05) is 6.92 Å². The van der Waals surface area contributed by atoms with E-state index in [2.05, 4.69) is 36.1 Å². The number of carboxylic acids is 3. The first-order valence-corrected chi connectivity index (χ1v) is 28.4. The first-order valence-electron chi connectivity index (χ1n) is 28.4. The van der Waals surface area contributed by atoms with E-state index >= 15 is 0 Å². The fourth-order valence-corrected chi connectivity index (χ4v) is 9.61. The molecule has 0 unspecified atom stereocenters. The zero-order valence-electron chi connectivity index (χ0n) is 48.4.